The number of hydrogen-bond donors (Lipinski definition) is 2. The van der Waals surface area contributed by atoms with E-state index in [2.05, 4.69) is 5.32 Å². The van der Waals surface area contributed by atoms with E-state index in [4.69, 9.17) is 21.4 Å². The van der Waals surface area contributed by atoms with Crippen LogP contribution in [-0.4, -0.2) is 30.1 Å². The quantitative estimate of drug-likeness (QED) is 0.648. The fourth-order valence-corrected chi connectivity index (χ4v) is 2.22. The molecule has 1 amide bonds. The molecule has 0 bridgehead atoms. The number of nitrogens with one attached hydrogen (secondary N) is 1. The lowest BCUT2D eigenvalue weighted by Crippen LogP contribution is -2.25. The SMILES string of the molecule is CCOc1ccc(Cl)cc1CCNC(=O)CCCCC(=O)O. The van der Waals surface area contributed by atoms with E-state index in [1.165, 1.54) is 0 Å². The number of ether oxygens (including phenoxy) is 1. The normalized spacial score (nSPS) is 10.3. The van der Waals surface area contributed by atoms with Crippen LogP contribution < -0.4 is 10.1 Å². The maximum absolute atomic E-state index is 11.6. The van der Waals surface area contributed by atoms with Crippen molar-refractivity contribution >= 4 is 23.5 Å². The third-order valence-corrected chi connectivity index (χ3v) is 3.32. The van der Waals surface area contributed by atoms with Crippen molar-refractivity contribution in [3.63, 3.8) is 0 Å². The zero-order chi connectivity index (χ0) is 16.4. The van der Waals surface area contributed by atoms with E-state index in [-0.39, 0.29) is 12.3 Å². The molecule has 2 N–H and O–H groups in total. The first-order valence-electron chi connectivity index (χ1n) is 7.42. The van der Waals surface area contributed by atoms with Crippen LogP contribution in [0.3, 0.4) is 0 Å². The van der Waals surface area contributed by atoms with Crippen molar-refractivity contribution < 1.29 is 19.4 Å². The summed E-state index contributed by atoms with van der Waals surface area (Å²) >= 11 is 5.98. The number of carboxylic acid groups (broad SMARTS) is 1. The van der Waals surface area contributed by atoms with Gasteiger partial charge in [0.2, 0.25) is 5.91 Å². The minimum Gasteiger partial charge on any atom is -0.494 e. The van der Waals surface area contributed by atoms with Gasteiger partial charge in [0.25, 0.3) is 0 Å². The van der Waals surface area contributed by atoms with Crippen molar-refractivity contribution in [2.75, 3.05) is 13.2 Å². The molecule has 0 fully saturated rings. The van der Waals surface area contributed by atoms with E-state index in [9.17, 15) is 9.59 Å². The second kappa shape index (κ2) is 10.1. The highest BCUT2D eigenvalue weighted by molar-refractivity contribution is 6.30. The minimum atomic E-state index is -0.829. The Morgan fingerprint density at radius 1 is 1.27 bits per heavy atom. The molecule has 0 saturated heterocycles. The first-order chi connectivity index (χ1) is 10.5. The van der Waals surface area contributed by atoms with Gasteiger partial charge >= 0.3 is 5.97 Å². The number of carbonyl (C=O) groups excluding carboxylic acids is 1. The van der Waals surface area contributed by atoms with E-state index >= 15 is 0 Å². The van der Waals surface area contributed by atoms with Crippen LogP contribution in [0.15, 0.2) is 18.2 Å². The molecule has 0 unspecified atom stereocenters. The first-order valence-corrected chi connectivity index (χ1v) is 7.80. The Morgan fingerprint density at radius 2 is 2.00 bits per heavy atom. The molecule has 22 heavy (non-hydrogen) atoms. The van der Waals surface area contributed by atoms with Crippen LogP contribution in [0.2, 0.25) is 5.02 Å². The molecular weight excluding hydrogens is 306 g/mol. The lowest BCUT2D eigenvalue weighted by Gasteiger charge is -2.11. The number of carbonyl (C=O) groups is 2. The number of halogens is 1. The van der Waals surface area contributed by atoms with Crippen molar-refractivity contribution in [3.05, 3.63) is 28.8 Å². The number of aliphatic carboxylic acids is 1. The molecular formula is C16H22ClNO4. The highest BCUT2D eigenvalue weighted by atomic mass is 35.5. The molecule has 1 aromatic rings. The Balaban J connectivity index is 2.32. The van der Waals surface area contributed by atoms with Crippen molar-refractivity contribution in [1.82, 2.24) is 5.32 Å². The molecule has 0 saturated carbocycles. The zero-order valence-corrected chi connectivity index (χ0v) is 13.5. The average molecular weight is 328 g/mol. The second-order valence-corrected chi connectivity index (χ2v) is 5.32. The van der Waals surface area contributed by atoms with E-state index in [1.54, 1.807) is 6.07 Å². The molecule has 5 nitrogen and oxygen atoms in total. The molecule has 0 radical (unpaired) electrons. The van der Waals surface area contributed by atoms with Crippen LogP contribution in [-0.2, 0) is 16.0 Å². The third kappa shape index (κ3) is 7.31. The summed E-state index contributed by atoms with van der Waals surface area (Å²) < 4.78 is 5.52. The van der Waals surface area contributed by atoms with E-state index < -0.39 is 5.97 Å². The van der Waals surface area contributed by atoms with Gasteiger partial charge in [-0.1, -0.05) is 11.6 Å². The molecule has 122 valence electrons. The Morgan fingerprint density at radius 3 is 2.68 bits per heavy atom. The molecule has 0 aliphatic heterocycles. The second-order valence-electron chi connectivity index (χ2n) is 4.89. The standard InChI is InChI=1S/C16H22ClNO4/c1-2-22-14-8-7-13(17)11-12(14)9-10-18-15(19)5-3-4-6-16(20)21/h7-8,11H,2-6,9-10H2,1H3,(H,18,19)(H,20,21). The lowest BCUT2D eigenvalue weighted by atomic mass is 10.1. The van der Waals surface area contributed by atoms with Crippen molar-refractivity contribution in [1.29, 1.82) is 0 Å². The van der Waals surface area contributed by atoms with Crippen molar-refractivity contribution in [2.45, 2.75) is 39.0 Å². The van der Waals surface area contributed by atoms with Gasteiger partial charge in [-0.25, -0.2) is 0 Å². The highest BCUT2D eigenvalue weighted by Crippen LogP contribution is 2.23. The van der Waals surface area contributed by atoms with Gasteiger partial charge in [0.1, 0.15) is 5.75 Å². The van der Waals surface area contributed by atoms with Gasteiger partial charge < -0.3 is 15.2 Å². The highest BCUT2D eigenvalue weighted by Gasteiger charge is 2.06. The molecule has 1 aromatic carbocycles. The monoisotopic (exact) mass is 327 g/mol. The Hall–Kier alpha value is -1.75. The van der Waals surface area contributed by atoms with E-state index in [0.29, 0.717) is 43.9 Å². The van der Waals surface area contributed by atoms with Gasteiger partial charge in [-0.3, -0.25) is 9.59 Å². The molecule has 0 aromatic heterocycles. The van der Waals surface area contributed by atoms with Gasteiger partial charge in [-0.05, 0) is 49.9 Å². The van der Waals surface area contributed by atoms with Gasteiger partial charge in [0, 0.05) is 24.4 Å². The summed E-state index contributed by atoms with van der Waals surface area (Å²) in [5, 5.41) is 12.0. The Bertz CT molecular complexity index is 505. The number of amides is 1. The number of hydrogen-bond acceptors (Lipinski definition) is 3. The van der Waals surface area contributed by atoms with Gasteiger partial charge in [0.05, 0.1) is 6.61 Å². The van der Waals surface area contributed by atoms with Crippen LogP contribution in [0.25, 0.3) is 0 Å². The summed E-state index contributed by atoms with van der Waals surface area (Å²) in [5.74, 6) is -0.113. The molecule has 0 heterocycles. The van der Waals surface area contributed by atoms with Crippen molar-refractivity contribution in [3.8, 4) is 5.75 Å². The topological polar surface area (TPSA) is 75.6 Å². The summed E-state index contributed by atoms with van der Waals surface area (Å²) in [7, 11) is 0. The van der Waals surface area contributed by atoms with Gasteiger partial charge in [0.15, 0.2) is 0 Å². The van der Waals surface area contributed by atoms with E-state index in [0.717, 1.165) is 11.3 Å². The van der Waals surface area contributed by atoms with Gasteiger partial charge in [-0.2, -0.15) is 0 Å². The summed E-state index contributed by atoms with van der Waals surface area (Å²) in [6, 6.07) is 5.44. The molecule has 1 rings (SSSR count). The average Bonchev–Trinajstić information content (AvgIpc) is 2.46. The maximum atomic E-state index is 11.6. The minimum absolute atomic E-state index is 0.0645. The smallest absolute Gasteiger partial charge is 0.303 e. The zero-order valence-electron chi connectivity index (χ0n) is 12.7. The largest absolute Gasteiger partial charge is 0.494 e. The third-order valence-electron chi connectivity index (χ3n) is 3.08. The number of unbranched alkanes of at least 4 members (excludes halogenated alkanes) is 1. The summed E-state index contributed by atoms with van der Waals surface area (Å²) in [6.07, 6.45) is 2.19. The maximum Gasteiger partial charge on any atom is 0.303 e. The molecule has 0 aliphatic carbocycles. The van der Waals surface area contributed by atoms with Crippen LogP contribution in [0.4, 0.5) is 0 Å². The summed E-state index contributed by atoms with van der Waals surface area (Å²) in [6.45, 7) is 2.99. The predicted octanol–water partition coefficient (Wildman–Crippen LogP) is 3.04. The first kappa shape index (κ1) is 18.3. The Kier molecular flexibility index (Phi) is 8.36. The number of carboxylic acids is 1. The van der Waals surface area contributed by atoms with E-state index in [1.807, 2.05) is 19.1 Å². The molecule has 6 heteroatoms. The van der Waals surface area contributed by atoms with Crippen LogP contribution in [0.5, 0.6) is 5.75 Å². The number of benzene rings is 1. The van der Waals surface area contributed by atoms with Crippen molar-refractivity contribution in [2.24, 2.45) is 0 Å². The molecule has 0 spiro atoms. The number of rotatable bonds is 10. The fraction of sp³-hybridized carbons (Fsp3) is 0.500. The Labute approximate surface area is 135 Å². The summed E-state index contributed by atoms with van der Waals surface area (Å²) in [4.78, 5) is 22.0. The predicted molar refractivity (Wildman–Crippen MR) is 85.4 cm³/mol. The van der Waals surface area contributed by atoms with Crippen LogP contribution in [0, 0.1) is 0 Å². The van der Waals surface area contributed by atoms with Crippen LogP contribution >= 0.6 is 11.6 Å². The van der Waals surface area contributed by atoms with Crippen LogP contribution in [0.1, 0.15) is 38.2 Å². The fourth-order valence-electron chi connectivity index (χ4n) is 2.03. The van der Waals surface area contributed by atoms with Gasteiger partial charge in [-0.15, -0.1) is 0 Å². The molecule has 0 atom stereocenters. The lowest BCUT2D eigenvalue weighted by molar-refractivity contribution is -0.137. The summed E-state index contributed by atoms with van der Waals surface area (Å²) in [5.41, 5.74) is 0.959. The molecule has 0 aliphatic rings.